The molecule has 0 unspecified atom stereocenters. The number of nitrogens with one attached hydrogen (secondary N) is 1. The number of imidazole rings is 1. The number of aromatic nitrogens is 4. The molecule has 1 fully saturated rings. The molecule has 4 aromatic rings. The lowest BCUT2D eigenvalue weighted by Crippen LogP contribution is -2.40. The largest absolute Gasteiger partial charge is 0.461 e. The molecule has 1 aliphatic heterocycles. The van der Waals surface area contributed by atoms with E-state index in [0.29, 0.717) is 48.7 Å². The number of benzene rings is 2. The first-order valence-electron chi connectivity index (χ1n) is 12.3. The van der Waals surface area contributed by atoms with Crippen molar-refractivity contribution < 1.29 is 24.0 Å². The average molecular weight is 532 g/mol. The van der Waals surface area contributed by atoms with E-state index in [9.17, 15) is 19.7 Å². The van der Waals surface area contributed by atoms with Gasteiger partial charge in [-0.15, -0.1) is 5.10 Å². The smallest absolute Gasteiger partial charge is 0.358 e. The molecule has 0 aliphatic carbocycles. The summed E-state index contributed by atoms with van der Waals surface area (Å²) in [5, 5.41) is 19.2. The van der Waals surface area contributed by atoms with Crippen molar-refractivity contribution in [1.29, 1.82) is 0 Å². The lowest BCUT2D eigenvalue weighted by molar-refractivity contribution is -0.385. The second-order valence-corrected chi connectivity index (χ2v) is 8.70. The van der Waals surface area contributed by atoms with Crippen LogP contribution in [0.5, 0.6) is 0 Å². The number of nitrogens with zero attached hydrogens (tertiary/aromatic N) is 6. The molecule has 2 aromatic carbocycles. The fourth-order valence-electron chi connectivity index (χ4n) is 4.27. The lowest BCUT2D eigenvalue weighted by atomic mass is 10.1. The maximum absolute atomic E-state index is 12.8. The van der Waals surface area contributed by atoms with E-state index in [1.54, 1.807) is 55.1 Å². The van der Waals surface area contributed by atoms with E-state index in [0.717, 1.165) is 0 Å². The van der Waals surface area contributed by atoms with E-state index in [2.05, 4.69) is 20.4 Å². The molecule has 0 spiro atoms. The van der Waals surface area contributed by atoms with E-state index >= 15 is 0 Å². The van der Waals surface area contributed by atoms with E-state index in [-0.39, 0.29) is 41.2 Å². The SMILES string of the molecule is CCOC(=O)c1cnc2c(Nc3ccc(C(=O)N4CCOCC4)cc3)nc(-c3cccc([N+](=O)[O-])c3C)nn12. The zero-order chi connectivity index (χ0) is 27.5. The van der Waals surface area contributed by atoms with Crippen LogP contribution in [0.15, 0.2) is 48.7 Å². The van der Waals surface area contributed by atoms with Gasteiger partial charge in [-0.05, 0) is 38.1 Å². The van der Waals surface area contributed by atoms with Crippen molar-refractivity contribution in [3.8, 4) is 11.4 Å². The Labute approximate surface area is 222 Å². The maximum Gasteiger partial charge on any atom is 0.358 e. The third-order valence-corrected chi connectivity index (χ3v) is 6.28. The maximum atomic E-state index is 12.8. The highest BCUT2D eigenvalue weighted by Crippen LogP contribution is 2.30. The van der Waals surface area contributed by atoms with Crippen LogP contribution in [0.25, 0.3) is 17.0 Å². The Bertz CT molecular complexity index is 1560. The molecule has 1 N–H and O–H groups in total. The van der Waals surface area contributed by atoms with E-state index < -0.39 is 10.9 Å². The first-order valence-corrected chi connectivity index (χ1v) is 12.3. The van der Waals surface area contributed by atoms with E-state index in [1.165, 1.54) is 16.8 Å². The number of carbonyl (C=O) groups excluding carboxylic acids is 2. The fourth-order valence-corrected chi connectivity index (χ4v) is 4.27. The van der Waals surface area contributed by atoms with Gasteiger partial charge < -0.3 is 19.7 Å². The van der Waals surface area contributed by atoms with E-state index in [1.807, 2.05) is 0 Å². The zero-order valence-electron chi connectivity index (χ0n) is 21.3. The molecule has 2 aromatic heterocycles. The molecule has 1 aliphatic rings. The van der Waals surface area contributed by atoms with Crippen LogP contribution in [0, 0.1) is 17.0 Å². The summed E-state index contributed by atoms with van der Waals surface area (Å²) in [6.45, 7) is 5.57. The summed E-state index contributed by atoms with van der Waals surface area (Å²) in [6, 6.07) is 11.5. The van der Waals surface area contributed by atoms with Crippen molar-refractivity contribution in [2.45, 2.75) is 13.8 Å². The third kappa shape index (κ3) is 5.11. The Morgan fingerprint density at radius 2 is 1.90 bits per heavy atom. The van der Waals surface area contributed by atoms with Gasteiger partial charge in [-0.2, -0.15) is 0 Å². The highest BCUT2D eigenvalue weighted by molar-refractivity contribution is 5.95. The Hall–Kier alpha value is -4.91. The predicted octanol–water partition coefficient (Wildman–Crippen LogP) is 3.40. The minimum absolute atomic E-state index is 0.0769. The molecular weight excluding hydrogens is 506 g/mol. The molecule has 13 nitrogen and oxygen atoms in total. The molecule has 0 bridgehead atoms. The molecule has 0 saturated carbocycles. The molecule has 39 heavy (non-hydrogen) atoms. The van der Waals surface area contributed by atoms with Gasteiger partial charge >= 0.3 is 5.97 Å². The van der Waals surface area contributed by atoms with Gasteiger partial charge in [-0.25, -0.2) is 19.3 Å². The standard InChI is InChI=1S/C26H25N7O6/c1-3-39-26(35)21-15-27-24-23(28-18-9-7-17(8-10-18)25(34)31-11-13-38-14-12-31)29-22(30-32(21)24)19-5-4-6-20(16(19)2)33(36)37/h4-10,15H,3,11-14H2,1-2H3,(H,28,29,30). The molecular formula is C26H25N7O6. The van der Waals surface area contributed by atoms with Gasteiger partial charge in [0.2, 0.25) is 0 Å². The number of rotatable bonds is 7. The quantitative estimate of drug-likeness (QED) is 0.213. The second-order valence-electron chi connectivity index (χ2n) is 8.70. The number of anilines is 2. The number of ether oxygens (including phenoxy) is 2. The van der Waals surface area contributed by atoms with Crippen LogP contribution >= 0.6 is 0 Å². The van der Waals surface area contributed by atoms with Crippen molar-refractivity contribution in [3.05, 3.63) is 75.6 Å². The molecule has 3 heterocycles. The monoisotopic (exact) mass is 531 g/mol. The van der Waals surface area contributed by atoms with Crippen LogP contribution in [-0.2, 0) is 9.47 Å². The Morgan fingerprint density at radius 3 is 2.59 bits per heavy atom. The highest BCUT2D eigenvalue weighted by atomic mass is 16.6. The Balaban J connectivity index is 1.54. The third-order valence-electron chi connectivity index (χ3n) is 6.28. The van der Waals surface area contributed by atoms with Crippen molar-refractivity contribution in [1.82, 2.24) is 24.5 Å². The van der Waals surface area contributed by atoms with Gasteiger partial charge in [-0.1, -0.05) is 12.1 Å². The Morgan fingerprint density at radius 1 is 1.15 bits per heavy atom. The van der Waals surface area contributed by atoms with E-state index in [4.69, 9.17) is 9.47 Å². The van der Waals surface area contributed by atoms with Crippen LogP contribution in [0.2, 0.25) is 0 Å². The van der Waals surface area contributed by atoms with Crippen LogP contribution in [0.1, 0.15) is 33.3 Å². The summed E-state index contributed by atoms with van der Waals surface area (Å²) in [7, 11) is 0. The van der Waals surface area contributed by atoms with Crippen molar-refractivity contribution in [2.24, 2.45) is 0 Å². The number of nitro benzene ring substituents is 1. The molecule has 5 rings (SSSR count). The molecule has 1 saturated heterocycles. The van der Waals surface area contributed by atoms with Gasteiger partial charge in [0.05, 0.1) is 30.9 Å². The van der Waals surface area contributed by atoms with Crippen molar-refractivity contribution >= 4 is 34.7 Å². The minimum Gasteiger partial charge on any atom is -0.461 e. The molecule has 0 atom stereocenters. The van der Waals surface area contributed by atoms with Crippen LogP contribution in [-0.4, -0.2) is 74.2 Å². The topological polar surface area (TPSA) is 154 Å². The van der Waals surface area contributed by atoms with Crippen molar-refractivity contribution in [3.63, 3.8) is 0 Å². The zero-order valence-corrected chi connectivity index (χ0v) is 21.3. The average Bonchev–Trinajstić information content (AvgIpc) is 3.38. The van der Waals surface area contributed by atoms with Gasteiger partial charge in [0, 0.05) is 41.5 Å². The fraction of sp³-hybridized carbons (Fsp3) is 0.269. The molecule has 0 radical (unpaired) electrons. The number of hydrogen-bond acceptors (Lipinski definition) is 10. The molecule has 200 valence electrons. The summed E-state index contributed by atoms with van der Waals surface area (Å²) >= 11 is 0. The lowest BCUT2D eigenvalue weighted by Gasteiger charge is -2.26. The summed E-state index contributed by atoms with van der Waals surface area (Å²) in [4.78, 5) is 47.1. The van der Waals surface area contributed by atoms with Gasteiger partial charge in [0.15, 0.2) is 23.0 Å². The first kappa shape index (κ1) is 25.7. The second kappa shape index (κ2) is 10.8. The number of fused-ring (bicyclic) bond motifs is 1. The summed E-state index contributed by atoms with van der Waals surface area (Å²) in [5.74, 6) is -0.296. The Kier molecular flexibility index (Phi) is 7.14. The number of carbonyl (C=O) groups is 2. The summed E-state index contributed by atoms with van der Waals surface area (Å²) in [6.07, 6.45) is 1.33. The number of esters is 1. The first-order chi connectivity index (χ1) is 18.9. The molecule has 1 amide bonds. The summed E-state index contributed by atoms with van der Waals surface area (Å²) in [5.41, 5.74) is 2.18. The van der Waals surface area contributed by atoms with Crippen LogP contribution < -0.4 is 5.32 Å². The number of nitro groups is 1. The highest BCUT2D eigenvalue weighted by Gasteiger charge is 2.23. The van der Waals surface area contributed by atoms with Crippen LogP contribution in [0.4, 0.5) is 17.2 Å². The van der Waals surface area contributed by atoms with Crippen molar-refractivity contribution in [2.75, 3.05) is 38.2 Å². The van der Waals surface area contributed by atoms with Gasteiger partial charge in [0.1, 0.15) is 0 Å². The van der Waals surface area contributed by atoms with Gasteiger partial charge in [0.25, 0.3) is 11.6 Å². The normalized spacial score (nSPS) is 13.3. The van der Waals surface area contributed by atoms with Crippen LogP contribution in [0.3, 0.4) is 0 Å². The minimum atomic E-state index is -0.623. The van der Waals surface area contributed by atoms with Gasteiger partial charge in [-0.3, -0.25) is 14.9 Å². The predicted molar refractivity (Wildman–Crippen MR) is 140 cm³/mol. The number of hydrogen-bond donors (Lipinski definition) is 1. The number of morpholine rings is 1. The molecule has 13 heteroatoms. The number of amides is 1. The summed E-state index contributed by atoms with van der Waals surface area (Å²) < 4.78 is 11.8.